The molecule has 0 aromatic heterocycles. The minimum absolute atomic E-state index is 0.00515. The molecule has 0 spiro atoms. The third-order valence-corrected chi connectivity index (χ3v) is 3.44. The van der Waals surface area contributed by atoms with Crippen LogP contribution in [0, 0.1) is 23.3 Å². The third-order valence-electron chi connectivity index (χ3n) is 2.83. The van der Waals surface area contributed by atoms with Crippen LogP contribution in [0.25, 0.3) is 0 Å². The Morgan fingerprint density at radius 3 is 2.40 bits per heavy atom. The van der Waals surface area contributed by atoms with E-state index < -0.39 is 29.3 Å². The monoisotopic (exact) mass is 347 g/mol. The maximum Gasteiger partial charge on any atom is 0.164 e. The summed E-state index contributed by atoms with van der Waals surface area (Å²) in [5.74, 6) is -3.52. The first kappa shape index (κ1) is 14.8. The van der Waals surface area contributed by atoms with Gasteiger partial charge in [0.1, 0.15) is 11.6 Å². The first-order valence-corrected chi connectivity index (χ1v) is 6.54. The highest BCUT2D eigenvalue weighted by molar-refractivity contribution is 9.10. The molecule has 0 radical (unpaired) electrons. The fourth-order valence-electron chi connectivity index (χ4n) is 1.80. The van der Waals surface area contributed by atoms with Gasteiger partial charge in [-0.25, -0.2) is 17.6 Å². The van der Waals surface area contributed by atoms with Gasteiger partial charge in [-0.05, 0) is 35.0 Å². The summed E-state index contributed by atoms with van der Waals surface area (Å²) in [5, 5.41) is 2.68. The van der Waals surface area contributed by atoms with Crippen molar-refractivity contribution >= 4 is 21.6 Å². The van der Waals surface area contributed by atoms with E-state index in [1.807, 2.05) is 0 Å². The summed E-state index contributed by atoms with van der Waals surface area (Å²) in [7, 11) is 0. The molecule has 20 heavy (non-hydrogen) atoms. The number of halogens is 5. The highest BCUT2D eigenvalue weighted by Crippen LogP contribution is 2.28. The summed E-state index contributed by atoms with van der Waals surface area (Å²) in [6.45, 7) is 1.55. The smallest absolute Gasteiger partial charge is 0.164 e. The number of hydrogen-bond donors (Lipinski definition) is 1. The number of rotatable bonds is 3. The van der Waals surface area contributed by atoms with E-state index in [4.69, 9.17) is 0 Å². The average molecular weight is 348 g/mol. The third kappa shape index (κ3) is 2.95. The van der Waals surface area contributed by atoms with Gasteiger partial charge in [0.25, 0.3) is 0 Å². The molecule has 0 amide bonds. The fraction of sp³-hybridized carbons (Fsp3) is 0.143. The normalized spacial score (nSPS) is 12.3. The molecule has 0 bridgehead atoms. The molecule has 0 fully saturated rings. The van der Waals surface area contributed by atoms with Crippen LogP contribution in [0.15, 0.2) is 34.8 Å². The van der Waals surface area contributed by atoms with Gasteiger partial charge in [-0.2, -0.15) is 0 Å². The van der Waals surface area contributed by atoms with Crippen LogP contribution < -0.4 is 5.32 Å². The van der Waals surface area contributed by atoms with Crippen LogP contribution in [0.5, 0.6) is 0 Å². The van der Waals surface area contributed by atoms with Crippen molar-refractivity contribution in [3.63, 3.8) is 0 Å². The van der Waals surface area contributed by atoms with Crippen LogP contribution in [0.2, 0.25) is 0 Å². The minimum Gasteiger partial charge on any atom is -0.376 e. The zero-order valence-electron chi connectivity index (χ0n) is 10.4. The highest BCUT2D eigenvalue weighted by Gasteiger charge is 2.16. The first-order chi connectivity index (χ1) is 9.40. The van der Waals surface area contributed by atoms with Gasteiger partial charge in [0.2, 0.25) is 0 Å². The van der Waals surface area contributed by atoms with Crippen molar-refractivity contribution in [3.05, 3.63) is 63.6 Å². The van der Waals surface area contributed by atoms with Gasteiger partial charge in [-0.15, -0.1) is 0 Å². The molecule has 0 heterocycles. The van der Waals surface area contributed by atoms with E-state index in [0.717, 1.165) is 6.07 Å². The lowest BCUT2D eigenvalue weighted by atomic mass is 10.1. The summed E-state index contributed by atoms with van der Waals surface area (Å²) in [4.78, 5) is 0. The predicted molar refractivity (Wildman–Crippen MR) is 72.5 cm³/mol. The lowest BCUT2D eigenvalue weighted by Gasteiger charge is -2.17. The zero-order chi connectivity index (χ0) is 14.9. The predicted octanol–water partition coefficient (Wildman–Crippen LogP) is 5.18. The Labute approximate surface area is 121 Å². The van der Waals surface area contributed by atoms with E-state index >= 15 is 0 Å². The lowest BCUT2D eigenvalue weighted by Crippen LogP contribution is -2.11. The van der Waals surface area contributed by atoms with Gasteiger partial charge < -0.3 is 5.32 Å². The Bertz CT molecular complexity index is 645. The molecule has 0 saturated heterocycles. The second kappa shape index (κ2) is 5.83. The Morgan fingerprint density at radius 2 is 1.70 bits per heavy atom. The standard InChI is InChI=1S/C14H10BrF4N/c1-7(8-3-2-4-10(16)14(8)19)20-13-5-9(15)11(17)6-12(13)18/h2-7,20H,1H3. The van der Waals surface area contributed by atoms with Crippen LogP contribution in [0.1, 0.15) is 18.5 Å². The van der Waals surface area contributed by atoms with Crippen molar-refractivity contribution in [2.75, 3.05) is 5.32 Å². The van der Waals surface area contributed by atoms with Gasteiger partial charge in [-0.3, -0.25) is 0 Å². The Morgan fingerprint density at radius 1 is 1.00 bits per heavy atom. The van der Waals surface area contributed by atoms with Crippen LogP contribution in [0.3, 0.4) is 0 Å². The molecule has 0 aliphatic carbocycles. The molecule has 2 rings (SSSR count). The van der Waals surface area contributed by atoms with E-state index in [2.05, 4.69) is 21.2 Å². The summed E-state index contributed by atoms with van der Waals surface area (Å²) in [5.41, 5.74) is 0.0549. The molecule has 1 unspecified atom stereocenters. The van der Waals surface area contributed by atoms with E-state index in [-0.39, 0.29) is 15.7 Å². The minimum atomic E-state index is -0.992. The molecular formula is C14H10BrF4N. The molecule has 1 N–H and O–H groups in total. The summed E-state index contributed by atoms with van der Waals surface area (Å²) in [6.07, 6.45) is 0. The number of hydrogen-bond acceptors (Lipinski definition) is 1. The van der Waals surface area contributed by atoms with Gasteiger partial charge in [0.15, 0.2) is 11.6 Å². The molecule has 0 saturated carbocycles. The molecule has 0 aliphatic heterocycles. The Balaban J connectivity index is 2.30. The van der Waals surface area contributed by atoms with Gasteiger partial charge in [0.05, 0.1) is 16.2 Å². The maximum atomic E-state index is 13.6. The van der Waals surface area contributed by atoms with Crippen molar-refractivity contribution in [1.29, 1.82) is 0 Å². The topological polar surface area (TPSA) is 12.0 Å². The molecule has 1 nitrogen and oxygen atoms in total. The summed E-state index contributed by atoms with van der Waals surface area (Å²) >= 11 is 2.94. The van der Waals surface area contributed by atoms with Crippen LogP contribution in [-0.4, -0.2) is 0 Å². The molecule has 1 atom stereocenters. The van der Waals surface area contributed by atoms with Gasteiger partial charge >= 0.3 is 0 Å². The first-order valence-electron chi connectivity index (χ1n) is 5.75. The fourth-order valence-corrected chi connectivity index (χ4v) is 2.14. The van der Waals surface area contributed by atoms with Crippen molar-refractivity contribution in [3.8, 4) is 0 Å². The maximum absolute atomic E-state index is 13.6. The lowest BCUT2D eigenvalue weighted by molar-refractivity contribution is 0.494. The van der Waals surface area contributed by atoms with E-state index in [0.29, 0.717) is 6.07 Å². The summed E-state index contributed by atoms with van der Waals surface area (Å²) in [6, 6.07) is 4.99. The molecule has 106 valence electrons. The number of nitrogens with one attached hydrogen (secondary N) is 1. The highest BCUT2D eigenvalue weighted by atomic mass is 79.9. The number of benzene rings is 2. The van der Waals surface area contributed by atoms with Crippen molar-refractivity contribution < 1.29 is 17.6 Å². The van der Waals surface area contributed by atoms with E-state index in [9.17, 15) is 17.6 Å². The van der Waals surface area contributed by atoms with Crippen LogP contribution in [0.4, 0.5) is 23.2 Å². The molecular weight excluding hydrogens is 338 g/mol. The number of anilines is 1. The van der Waals surface area contributed by atoms with Crippen molar-refractivity contribution in [2.45, 2.75) is 13.0 Å². The second-order valence-corrected chi connectivity index (χ2v) is 5.11. The van der Waals surface area contributed by atoms with E-state index in [1.165, 1.54) is 18.2 Å². The van der Waals surface area contributed by atoms with E-state index in [1.54, 1.807) is 6.92 Å². The SMILES string of the molecule is CC(Nc1cc(Br)c(F)cc1F)c1cccc(F)c1F. The van der Waals surface area contributed by atoms with Crippen LogP contribution >= 0.6 is 15.9 Å². The molecule has 6 heteroatoms. The Kier molecular flexibility index (Phi) is 4.32. The van der Waals surface area contributed by atoms with Crippen molar-refractivity contribution in [2.24, 2.45) is 0 Å². The van der Waals surface area contributed by atoms with Gasteiger partial charge in [-0.1, -0.05) is 12.1 Å². The molecule has 0 aliphatic rings. The largest absolute Gasteiger partial charge is 0.376 e. The zero-order valence-corrected chi connectivity index (χ0v) is 11.9. The second-order valence-electron chi connectivity index (χ2n) is 4.26. The van der Waals surface area contributed by atoms with Crippen LogP contribution in [-0.2, 0) is 0 Å². The summed E-state index contributed by atoms with van der Waals surface area (Å²) < 4.78 is 53.5. The average Bonchev–Trinajstić information content (AvgIpc) is 2.39. The Hall–Kier alpha value is -1.56. The van der Waals surface area contributed by atoms with Gasteiger partial charge in [0, 0.05) is 11.6 Å². The molecule has 2 aromatic rings. The molecule has 2 aromatic carbocycles. The van der Waals surface area contributed by atoms with Crippen molar-refractivity contribution in [1.82, 2.24) is 0 Å². The quantitative estimate of drug-likeness (QED) is 0.595.